The number of hydrogen-bond acceptors (Lipinski definition) is 5. The van der Waals surface area contributed by atoms with Crippen LogP contribution in [0, 0.1) is 0 Å². The maximum absolute atomic E-state index is 13.2. The summed E-state index contributed by atoms with van der Waals surface area (Å²) in [7, 11) is 0. The number of aromatic nitrogens is 1. The maximum atomic E-state index is 13.2. The molecule has 6 heteroatoms. The number of thiophene rings is 1. The Bertz CT molecular complexity index is 1070. The summed E-state index contributed by atoms with van der Waals surface area (Å²) in [6, 6.07) is 13.9. The molecule has 3 heterocycles. The van der Waals surface area contributed by atoms with E-state index in [9.17, 15) is 14.7 Å². The molecule has 1 aromatic carbocycles. The Kier molecular flexibility index (Phi) is 5.03. The van der Waals surface area contributed by atoms with Gasteiger partial charge in [0.15, 0.2) is 5.76 Å². The van der Waals surface area contributed by atoms with Crippen LogP contribution in [0.3, 0.4) is 0 Å². The van der Waals surface area contributed by atoms with E-state index in [2.05, 4.69) is 18.8 Å². The first-order chi connectivity index (χ1) is 14.0. The number of carbonyl (C=O) groups is 2. The minimum atomic E-state index is -0.740. The largest absolute Gasteiger partial charge is 0.503 e. The monoisotopic (exact) mass is 404 g/mol. The van der Waals surface area contributed by atoms with Crippen molar-refractivity contribution in [1.82, 2.24) is 4.98 Å². The van der Waals surface area contributed by atoms with Gasteiger partial charge in [-0.15, -0.1) is 11.3 Å². The summed E-state index contributed by atoms with van der Waals surface area (Å²) >= 11 is 1.28. The van der Waals surface area contributed by atoms with Crippen LogP contribution in [0.5, 0.6) is 0 Å². The predicted octanol–water partition coefficient (Wildman–Crippen LogP) is 5.05. The molecular weight excluding hydrogens is 384 g/mol. The van der Waals surface area contributed by atoms with E-state index in [1.54, 1.807) is 42.0 Å². The second-order valence-electron chi connectivity index (χ2n) is 7.18. The Labute approximate surface area is 173 Å². The average Bonchev–Trinajstić information content (AvgIpc) is 3.36. The van der Waals surface area contributed by atoms with Gasteiger partial charge in [0.05, 0.1) is 16.5 Å². The van der Waals surface area contributed by atoms with Crippen LogP contribution >= 0.6 is 11.3 Å². The summed E-state index contributed by atoms with van der Waals surface area (Å²) in [5.41, 5.74) is 2.51. The van der Waals surface area contributed by atoms with Gasteiger partial charge in [0.2, 0.25) is 5.78 Å². The number of aliphatic hydroxyl groups excluding tert-OH is 1. The molecule has 1 atom stereocenters. The number of amides is 1. The second kappa shape index (κ2) is 7.64. The summed E-state index contributed by atoms with van der Waals surface area (Å²) < 4.78 is 0. The van der Waals surface area contributed by atoms with Crippen molar-refractivity contribution in [2.75, 3.05) is 4.90 Å². The number of carbonyl (C=O) groups excluding carboxylic acids is 2. The van der Waals surface area contributed by atoms with E-state index >= 15 is 0 Å². The third kappa shape index (κ3) is 3.36. The van der Waals surface area contributed by atoms with Gasteiger partial charge in [0.1, 0.15) is 0 Å². The number of aliphatic hydroxyl groups is 1. The number of ketones is 1. The molecule has 3 aromatic rings. The first-order valence-corrected chi connectivity index (χ1v) is 10.2. The van der Waals surface area contributed by atoms with Gasteiger partial charge in [-0.25, -0.2) is 0 Å². The molecule has 1 unspecified atom stereocenters. The van der Waals surface area contributed by atoms with Crippen molar-refractivity contribution in [2.45, 2.75) is 25.8 Å². The lowest BCUT2D eigenvalue weighted by Crippen LogP contribution is -2.31. The Hall–Kier alpha value is -3.25. The maximum Gasteiger partial charge on any atom is 0.294 e. The van der Waals surface area contributed by atoms with Crippen LogP contribution in [-0.2, 0) is 4.79 Å². The summed E-state index contributed by atoms with van der Waals surface area (Å²) in [4.78, 5) is 32.3. The number of hydrogen-bond donors (Lipinski definition) is 1. The molecule has 0 aliphatic carbocycles. The van der Waals surface area contributed by atoms with Crippen LogP contribution in [0.15, 0.2) is 77.6 Å². The molecule has 1 N–H and O–H groups in total. The number of rotatable bonds is 5. The zero-order valence-electron chi connectivity index (χ0n) is 16.1. The third-order valence-corrected chi connectivity index (χ3v) is 5.90. The van der Waals surface area contributed by atoms with Crippen LogP contribution < -0.4 is 4.90 Å². The Balaban J connectivity index is 1.83. The first-order valence-electron chi connectivity index (χ1n) is 9.33. The molecule has 0 radical (unpaired) electrons. The fourth-order valence-corrected chi connectivity index (χ4v) is 4.19. The van der Waals surface area contributed by atoms with E-state index < -0.39 is 17.7 Å². The molecule has 5 nitrogen and oxygen atoms in total. The zero-order valence-corrected chi connectivity index (χ0v) is 16.9. The zero-order chi connectivity index (χ0) is 20.5. The first kappa shape index (κ1) is 19.1. The fraction of sp³-hybridized carbons (Fsp3) is 0.174. The number of pyridine rings is 1. The molecule has 0 saturated carbocycles. The van der Waals surface area contributed by atoms with Crippen molar-refractivity contribution in [3.8, 4) is 0 Å². The predicted molar refractivity (Wildman–Crippen MR) is 113 cm³/mol. The smallest absolute Gasteiger partial charge is 0.294 e. The third-order valence-electron chi connectivity index (χ3n) is 5.04. The standard InChI is InChI=1S/C23H20N2O3S/c1-14(2)15-7-9-17(10-8-15)25-20(16-5-3-11-24-13-16)19(22(27)23(25)28)21(26)18-6-4-12-29-18/h3-14,20,27H,1-2H3. The van der Waals surface area contributed by atoms with E-state index in [-0.39, 0.29) is 11.4 Å². The normalized spacial score (nSPS) is 16.7. The lowest BCUT2D eigenvalue weighted by molar-refractivity contribution is -0.117. The number of nitrogens with zero attached hydrogens (tertiary/aromatic N) is 2. The highest BCUT2D eigenvalue weighted by Crippen LogP contribution is 2.42. The number of benzene rings is 1. The highest BCUT2D eigenvalue weighted by molar-refractivity contribution is 7.12. The summed E-state index contributed by atoms with van der Waals surface area (Å²) in [6.07, 6.45) is 3.25. The Morgan fingerprint density at radius 2 is 1.90 bits per heavy atom. The Morgan fingerprint density at radius 3 is 2.48 bits per heavy atom. The molecule has 0 fully saturated rings. The van der Waals surface area contributed by atoms with Gasteiger partial charge >= 0.3 is 0 Å². The molecule has 1 amide bonds. The van der Waals surface area contributed by atoms with Gasteiger partial charge in [0, 0.05) is 18.1 Å². The molecule has 0 bridgehead atoms. The van der Waals surface area contributed by atoms with Gasteiger partial charge in [-0.3, -0.25) is 19.5 Å². The summed E-state index contributed by atoms with van der Waals surface area (Å²) in [6.45, 7) is 4.19. The van der Waals surface area contributed by atoms with Crippen molar-refractivity contribution in [3.63, 3.8) is 0 Å². The Morgan fingerprint density at radius 1 is 1.14 bits per heavy atom. The lowest BCUT2D eigenvalue weighted by Gasteiger charge is -2.27. The molecule has 0 saturated heterocycles. The fourth-order valence-electron chi connectivity index (χ4n) is 3.52. The van der Waals surface area contributed by atoms with Crippen molar-refractivity contribution in [2.24, 2.45) is 0 Å². The number of Topliss-reactive ketones (excluding diaryl/α,β-unsaturated/α-hetero) is 1. The van der Waals surface area contributed by atoms with Gasteiger partial charge in [-0.1, -0.05) is 38.1 Å². The highest BCUT2D eigenvalue weighted by Gasteiger charge is 2.44. The van der Waals surface area contributed by atoms with Crippen LogP contribution in [0.2, 0.25) is 0 Å². The molecule has 4 rings (SSSR count). The van der Waals surface area contributed by atoms with Crippen molar-refractivity contribution < 1.29 is 14.7 Å². The molecule has 0 spiro atoms. The van der Waals surface area contributed by atoms with Crippen molar-refractivity contribution >= 4 is 28.7 Å². The second-order valence-corrected chi connectivity index (χ2v) is 8.13. The molecular formula is C23H20N2O3S. The summed E-state index contributed by atoms with van der Waals surface area (Å²) in [5, 5.41) is 12.5. The SMILES string of the molecule is CC(C)c1ccc(N2C(=O)C(O)=C(C(=O)c3cccs3)C2c2cccnc2)cc1. The van der Waals surface area contributed by atoms with E-state index in [1.165, 1.54) is 16.2 Å². The molecule has 29 heavy (non-hydrogen) atoms. The van der Waals surface area contributed by atoms with E-state index in [0.717, 1.165) is 5.56 Å². The summed E-state index contributed by atoms with van der Waals surface area (Å²) in [5.74, 6) is -1.09. The highest BCUT2D eigenvalue weighted by atomic mass is 32.1. The van der Waals surface area contributed by atoms with Crippen LogP contribution in [0.4, 0.5) is 5.69 Å². The van der Waals surface area contributed by atoms with Gasteiger partial charge < -0.3 is 5.11 Å². The van der Waals surface area contributed by atoms with Crippen LogP contribution in [-0.4, -0.2) is 21.8 Å². The molecule has 1 aliphatic heterocycles. The van der Waals surface area contributed by atoms with E-state index in [1.807, 2.05) is 24.3 Å². The average molecular weight is 404 g/mol. The van der Waals surface area contributed by atoms with Gasteiger partial charge in [0.25, 0.3) is 5.91 Å². The minimum Gasteiger partial charge on any atom is -0.503 e. The topological polar surface area (TPSA) is 70.5 Å². The van der Waals surface area contributed by atoms with E-state index in [0.29, 0.717) is 22.0 Å². The molecule has 146 valence electrons. The van der Waals surface area contributed by atoms with Crippen molar-refractivity contribution in [1.29, 1.82) is 0 Å². The van der Waals surface area contributed by atoms with Gasteiger partial charge in [-0.05, 0) is 46.7 Å². The minimum absolute atomic E-state index is 0.0818. The van der Waals surface area contributed by atoms with Crippen LogP contribution in [0.25, 0.3) is 0 Å². The van der Waals surface area contributed by atoms with E-state index in [4.69, 9.17) is 0 Å². The molecule has 1 aliphatic rings. The quantitative estimate of drug-likeness (QED) is 0.604. The van der Waals surface area contributed by atoms with Crippen molar-refractivity contribution in [3.05, 3.63) is 93.6 Å². The van der Waals surface area contributed by atoms with Crippen LogP contribution in [0.1, 0.15) is 46.6 Å². The lowest BCUT2D eigenvalue weighted by atomic mass is 9.96. The number of anilines is 1. The molecule has 2 aromatic heterocycles. The van der Waals surface area contributed by atoms with Gasteiger partial charge in [-0.2, -0.15) is 0 Å².